The van der Waals surface area contributed by atoms with Gasteiger partial charge in [0.2, 0.25) is 0 Å². The van der Waals surface area contributed by atoms with Crippen molar-refractivity contribution in [1.82, 2.24) is 0 Å². The second kappa shape index (κ2) is 8.56. The average molecular weight is 353 g/mol. The zero-order valence-electron chi connectivity index (χ0n) is 16.2. The highest BCUT2D eigenvalue weighted by Gasteiger charge is 2.40. The Morgan fingerprint density at radius 1 is 1.04 bits per heavy atom. The molecule has 4 nitrogen and oxygen atoms in total. The molecule has 1 aromatic carbocycles. The number of aryl methyl sites for hydroxylation is 1. The molecule has 24 heavy (non-hydrogen) atoms. The van der Waals surface area contributed by atoms with Crippen LogP contribution in [0.2, 0.25) is 18.1 Å². The van der Waals surface area contributed by atoms with Crippen molar-refractivity contribution in [2.24, 2.45) is 0 Å². The topological polar surface area (TPSA) is 44.8 Å². The summed E-state index contributed by atoms with van der Waals surface area (Å²) < 4.78 is 16.3. The average Bonchev–Trinajstić information content (AvgIpc) is 2.49. The zero-order valence-corrected chi connectivity index (χ0v) is 17.2. The molecule has 0 atom stereocenters. The molecular formula is C19H32O4Si. The summed E-state index contributed by atoms with van der Waals surface area (Å²) in [6.45, 7) is 10.6. The van der Waals surface area contributed by atoms with Crippen LogP contribution in [-0.2, 0) is 15.6 Å². The fourth-order valence-corrected chi connectivity index (χ4v) is 3.10. The summed E-state index contributed by atoms with van der Waals surface area (Å²) in [6.07, 6.45) is 3.18. The molecule has 0 aliphatic rings. The molecule has 1 aromatic rings. The highest BCUT2D eigenvalue weighted by molar-refractivity contribution is 6.75. The summed E-state index contributed by atoms with van der Waals surface area (Å²) in [7, 11) is 1.27. The van der Waals surface area contributed by atoms with Crippen LogP contribution in [0.4, 0.5) is 0 Å². The van der Waals surface area contributed by atoms with Crippen molar-refractivity contribution in [3.05, 3.63) is 23.8 Å². The molecule has 0 fully saturated rings. The van der Waals surface area contributed by atoms with Gasteiger partial charge in [0.15, 0.2) is 11.5 Å². The van der Waals surface area contributed by atoms with Gasteiger partial charge in [0.25, 0.3) is 14.3 Å². The summed E-state index contributed by atoms with van der Waals surface area (Å²) >= 11 is 0. The number of methoxy groups -OCH3 is 2. The van der Waals surface area contributed by atoms with E-state index < -0.39 is 8.32 Å². The Balaban J connectivity index is 2.42. The van der Waals surface area contributed by atoms with Crippen molar-refractivity contribution < 1.29 is 18.7 Å². The highest BCUT2D eigenvalue weighted by Crippen LogP contribution is 2.36. The van der Waals surface area contributed by atoms with E-state index in [-0.39, 0.29) is 11.0 Å². The van der Waals surface area contributed by atoms with Crippen LogP contribution in [0.5, 0.6) is 11.5 Å². The van der Waals surface area contributed by atoms with Gasteiger partial charge >= 0.3 is 0 Å². The van der Waals surface area contributed by atoms with E-state index in [4.69, 9.17) is 13.9 Å². The van der Waals surface area contributed by atoms with E-state index in [2.05, 4.69) is 33.9 Å². The van der Waals surface area contributed by atoms with E-state index in [9.17, 15) is 4.79 Å². The minimum atomic E-state index is -2.00. The number of ether oxygens (including phenoxy) is 2. The molecule has 0 saturated carbocycles. The summed E-state index contributed by atoms with van der Waals surface area (Å²) in [5, 5.41) is 0.0578. The maximum atomic E-state index is 12.1. The lowest BCUT2D eigenvalue weighted by molar-refractivity contribution is -0.135. The van der Waals surface area contributed by atoms with E-state index in [1.807, 2.05) is 18.2 Å². The van der Waals surface area contributed by atoms with Crippen LogP contribution in [-0.4, -0.2) is 28.5 Å². The van der Waals surface area contributed by atoms with Crippen LogP contribution in [0.15, 0.2) is 18.2 Å². The maximum absolute atomic E-state index is 12.1. The van der Waals surface area contributed by atoms with Gasteiger partial charge in [-0.05, 0) is 55.1 Å². The minimum absolute atomic E-state index is 0.0578. The third kappa shape index (κ3) is 5.85. The molecule has 0 unspecified atom stereocenters. The maximum Gasteiger partial charge on any atom is 0.292 e. The molecule has 0 amide bonds. The Morgan fingerprint density at radius 2 is 1.67 bits per heavy atom. The van der Waals surface area contributed by atoms with Crippen molar-refractivity contribution in [3.8, 4) is 11.5 Å². The number of hydrogen-bond acceptors (Lipinski definition) is 4. The fourth-order valence-electron chi connectivity index (χ4n) is 2.12. The summed E-state index contributed by atoms with van der Waals surface area (Å²) in [4.78, 5) is 12.1. The standard InChI is InChI=1S/C19H32O4Si/c1-19(2,3)24(6,7)23-18(20)11-9-8-10-15-12-13-16(21-4)17(14-15)22-5/h12-14H,8-11H2,1-7H3. The van der Waals surface area contributed by atoms with Gasteiger partial charge in [-0.3, -0.25) is 4.79 Å². The van der Waals surface area contributed by atoms with Crippen molar-refractivity contribution in [2.75, 3.05) is 14.2 Å². The lowest BCUT2D eigenvalue weighted by Gasteiger charge is -2.35. The molecule has 0 aromatic heterocycles. The smallest absolute Gasteiger partial charge is 0.292 e. The van der Waals surface area contributed by atoms with Crippen LogP contribution in [0.3, 0.4) is 0 Å². The first-order valence-corrected chi connectivity index (χ1v) is 11.4. The Labute approximate surface area is 147 Å². The first kappa shape index (κ1) is 20.6. The van der Waals surface area contributed by atoms with E-state index in [1.54, 1.807) is 14.2 Å². The van der Waals surface area contributed by atoms with E-state index in [0.29, 0.717) is 6.42 Å². The van der Waals surface area contributed by atoms with Gasteiger partial charge < -0.3 is 13.9 Å². The van der Waals surface area contributed by atoms with Crippen molar-refractivity contribution in [2.45, 2.75) is 64.6 Å². The van der Waals surface area contributed by atoms with Crippen LogP contribution >= 0.6 is 0 Å². The van der Waals surface area contributed by atoms with E-state index >= 15 is 0 Å². The first-order chi connectivity index (χ1) is 11.1. The molecule has 136 valence electrons. The van der Waals surface area contributed by atoms with Crippen LogP contribution in [0.25, 0.3) is 0 Å². The van der Waals surface area contributed by atoms with Gasteiger partial charge in [0, 0.05) is 6.42 Å². The van der Waals surface area contributed by atoms with Gasteiger partial charge in [0.1, 0.15) is 0 Å². The number of hydrogen-bond donors (Lipinski definition) is 0. The monoisotopic (exact) mass is 352 g/mol. The molecule has 1 rings (SSSR count). The normalized spacial score (nSPS) is 12.0. The van der Waals surface area contributed by atoms with Crippen molar-refractivity contribution in [3.63, 3.8) is 0 Å². The van der Waals surface area contributed by atoms with Crippen LogP contribution in [0, 0.1) is 0 Å². The molecule has 0 spiro atoms. The summed E-state index contributed by atoms with van der Waals surface area (Å²) in [5.41, 5.74) is 1.19. The van der Waals surface area contributed by atoms with Gasteiger partial charge in [0.05, 0.1) is 14.2 Å². The molecule has 0 radical (unpaired) electrons. The predicted octanol–water partition coefficient (Wildman–Crippen LogP) is 4.97. The third-order valence-corrected chi connectivity index (χ3v) is 9.07. The van der Waals surface area contributed by atoms with Crippen molar-refractivity contribution in [1.29, 1.82) is 0 Å². The molecule has 0 bridgehead atoms. The van der Waals surface area contributed by atoms with E-state index in [0.717, 1.165) is 30.8 Å². The van der Waals surface area contributed by atoms with Crippen molar-refractivity contribution >= 4 is 14.3 Å². The minimum Gasteiger partial charge on any atom is -0.519 e. The second-order valence-electron chi connectivity index (χ2n) is 7.63. The van der Waals surface area contributed by atoms with Gasteiger partial charge in [-0.2, -0.15) is 0 Å². The quantitative estimate of drug-likeness (QED) is 0.490. The number of unbranched alkanes of at least 4 members (excludes halogenated alkanes) is 1. The molecule has 5 heteroatoms. The van der Waals surface area contributed by atoms with E-state index in [1.165, 1.54) is 5.56 Å². The molecule has 0 heterocycles. The second-order valence-corrected chi connectivity index (χ2v) is 12.4. The van der Waals surface area contributed by atoms with Crippen LogP contribution < -0.4 is 9.47 Å². The lowest BCUT2D eigenvalue weighted by Crippen LogP contribution is -2.42. The molecule has 0 N–H and O–H groups in total. The van der Waals surface area contributed by atoms with Gasteiger partial charge in [-0.1, -0.05) is 26.8 Å². The lowest BCUT2D eigenvalue weighted by atomic mass is 10.1. The number of rotatable bonds is 8. The molecular weight excluding hydrogens is 320 g/mol. The molecule has 0 saturated heterocycles. The SMILES string of the molecule is COc1ccc(CCCCC(=O)O[Si](C)(C)C(C)(C)C)cc1OC. The number of benzene rings is 1. The predicted molar refractivity (Wildman–Crippen MR) is 100 cm³/mol. The van der Waals surface area contributed by atoms with Gasteiger partial charge in [-0.15, -0.1) is 0 Å². The summed E-state index contributed by atoms with van der Waals surface area (Å²) in [6, 6.07) is 5.95. The summed E-state index contributed by atoms with van der Waals surface area (Å²) in [5.74, 6) is 1.42. The first-order valence-electron chi connectivity index (χ1n) is 8.53. The largest absolute Gasteiger partial charge is 0.519 e. The van der Waals surface area contributed by atoms with Crippen LogP contribution in [0.1, 0.15) is 45.6 Å². The molecule has 0 aliphatic heterocycles. The number of carbonyl (C=O) groups is 1. The highest BCUT2D eigenvalue weighted by atomic mass is 28.4. The number of carbonyl (C=O) groups excluding carboxylic acids is 1. The molecule has 0 aliphatic carbocycles. The Bertz CT molecular complexity index is 547. The zero-order chi connectivity index (χ0) is 18.4. The Morgan fingerprint density at radius 3 is 2.21 bits per heavy atom. The third-order valence-electron chi connectivity index (χ3n) is 4.72. The fraction of sp³-hybridized carbons (Fsp3) is 0.632. The Hall–Kier alpha value is -1.49. The van der Waals surface area contributed by atoms with Gasteiger partial charge in [-0.25, -0.2) is 0 Å². The Kier molecular flexibility index (Phi) is 7.33.